The van der Waals surface area contributed by atoms with Gasteiger partial charge in [-0.15, -0.1) is 0 Å². The van der Waals surface area contributed by atoms with Gasteiger partial charge in [0.25, 0.3) is 0 Å². The lowest BCUT2D eigenvalue weighted by atomic mass is 10.3. The molecule has 3 heteroatoms. The van der Waals surface area contributed by atoms with Crippen LogP contribution in [0.1, 0.15) is 6.42 Å². The third-order valence-corrected chi connectivity index (χ3v) is 1.71. The molecule has 0 aliphatic carbocycles. The monoisotopic (exact) mass is 124 g/mol. The van der Waals surface area contributed by atoms with Crippen molar-refractivity contribution >= 4 is 5.96 Å². The molecular weight excluding hydrogens is 114 g/mol. The second-order valence-corrected chi connectivity index (χ2v) is 2.33. The van der Waals surface area contributed by atoms with Gasteiger partial charge < -0.3 is 10.2 Å². The van der Waals surface area contributed by atoms with Crippen molar-refractivity contribution in [2.24, 2.45) is 4.99 Å². The molecule has 1 radical (unpaired) electrons. The lowest BCUT2D eigenvalue weighted by Gasteiger charge is -2.25. The highest BCUT2D eigenvalue weighted by Gasteiger charge is 2.18. The Morgan fingerprint density at radius 2 is 2.56 bits per heavy atom. The van der Waals surface area contributed by atoms with Crippen LogP contribution in [0.15, 0.2) is 4.99 Å². The van der Waals surface area contributed by atoms with Gasteiger partial charge in [0.2, 0.25) is 0 Å². The molecule has 0 spiro atoms. The Morgan fingerprint density at radius 1 is 1.56 bits per heavy atom. The molecule has 9 heavy (non-hydrogen) atoms. The zero-order valence-electron chi connectivity index (χ0n) is 5.30. The minimum Gasteiger partial charge on any atom is -0.351 e. The lowest BCUT2D eigenvalue weighted by Crippen LogP contribution is -2.42. The summed E-state index contributed by atoms with van der Waals surface area (Å²) in [5.41, 5.74) is 0. The molecule has 3 nitrogen and oxygen atoms in total. The van der Waals surface area contributed by atoms with E-state index in [0.29, 0.717) is 0 Å². The lowest BCUT2D eigenvalue weighted by molar-refractivity contribution is 0.422. The number of nitrogens with one attached hydrogen (secondary N) is 1. The van der Waals surface area contributed by atoms with E-state index in [9.17, 15) is 0 Å². The van der Waals surface area contributed by atoms with Gasteiger partial charge in [-0.2, -0.15) is 0 Å². The van der Waals surface area contributed by atoms with Gasteiger partial charge in [-0.3, -0.25) is 4.99 Å². The molecular formula is C6H10N3. The van der Waals surface area contributed by atoms with E-state index in [1.807, 2.05) is 0 Å². The van der Waals surface area contributed by atoms with Crippen molar-refractivity contribution in [3.05, 3.63) is 6.54 Å². The Labute approximate surface area is 54.8 Å². The molecule has 2 rings (SSSR count). The van der Waals surface area contributed by atoms with E-state index in [-0.39, 0.29) is 0 Å². The first-order valence-corrected chi connectivity index (χ1v) is 3.34. The molecule has 1 saturated heterocycles. The van der Waals surface area contributed by atoms with Gasteiger partial charge in [-0.1, -0.05) is 0 Å². The molecule has 0 saturated carbocycles. The highest BCUT2D eigenvalue weighted by molar-refractivity contribution is 5.82. The number of rotatable bonds is 0. The Bertz CT molecular complexity index is 141. The van der Waals surface area contributed by atoms with Crippen LogP contribution in [0.2, 0.25) is 0 Å². The van der Waals surface area contributed by atoms with Gasteiger partial charge in [0.05, 0.1) is 13.1 Å². The molecule has 2 aliphatic rings. The molecule has 0 bridgehead atoms. The first-order chi connectivity index (χ1) is 4.47. The van der Waals surface area contributed by atoms with E-state index in [1.165, 1.54) is 0 Å². The molecule has 2 aliphatic heterocycles. The molecule has 0 atom stereocenters. The smallest absolute Gasteiger partial charge is 0.194 e. The van der Waals surface area contributed by atoms with E-state index in [0.717, 1.165) is 32.0 Å². The van der Waals surface area contributed by atoms with E-state index in [1.54, 1.807) is 0 Å². The summed E-state index contributed by atoms with van der Waals surface area (Å²) in [5, 5.41) is 3.13. The van der Waals surface area contributed by atoms with Crippen molar-refractivity contribution in [1.29, 1.82) is 0 Å². The van der Waals surface area contributed by atoms with E-state index < -0.39 is 0 Å². The van der Waals surface area contributed by atoms with Crippen molar-refractivity contribution in [3.63, 3.8) is 0 Å². The van der Waals surface area contributed by atoms with Crippen LogP contribution in [-0.4, -0.2) is 30.5 Å². The number of fused-ring (bicyclic) bond motifs is 1. The molecule has 1 N–H and O–H groups in total. The second-order valence-electron chi connectivity index (χ2n) is 2.33. The number of hydrogen-bond acceptors (Lipinski definition) is 3. The number of hydrogen-bond donors (Lipinski definition) is 1. The SMILES string of the molecule is [CH]1CCN2CCN=C2N1. The van der Waals surface area contributed by atoms with E-state index in [2.05, 4.69) is 21.8 Å². The van der Waals surface area contributed by atoms with Crippen LogP contribution in [-0.2, 0) is 0 Å². The highest BCUT2D eigenvalue weighted by atomic mass is 15.3. The third kappa shape index (κ3) is 0.763. The molecule has 0 aromatic heterocycles. The first kappa shape index (κ1) is 5.09. The van der Waals surface area contributed by atoms with Gasteiger partial charge in [-0.25, -0.2) is 0 Å². The quantitative estimate of drug-likeness (QED) is 0.485. The zero-order chi connectivity index (χ0) is 6.10. The standard InChI is InChI=1S/C6H10N3/c1-2-7-6-8-3-5-9(6)4-1/h2H,1,3-5H2,(H,7,8). The number of guanidine groups is 1. The maximum Gasteiger partial charge on any atom is 0.194 e. The summed E-state index contributed by atoms with van der Waals surface area (Å²) >= 11 is 0. The van der Waals surface area contributed by atoms with Crippen LogP contribution in [0.5, 0.6) is 0 Å². The van der Waals surface area contributed by atoms with Crippen LogP contribution in [0.4, 0.5) is 0 Å². The predicted octanol–water partition coefficient (Wildman–Crippen LogP) is -0.187. The highest BCUT2D eigenvalue weighted by Crippen LogP contribution is 2.05. The first-order valence-electron chi connectivity index (χ1n) is 3.34. The van der Waals surface area contributed by atoms with Gasteiger partial charge in [0, 0.05) is 13.1 Å². The van der Waals surface area contributed by atoms with Crippen molar-refractivity contribution in [2.45, 2.75) is 6.42 Å². The minimum absolute atomic E-state index is 0.968. The summed E-state index contributed by atoms with van der Waals surface area (Å²) in [6.07, 6.45) is 1.14. The Balaban J connectivity index is 2.09. The fourth-order valence-electron chi connectivity index (χ4n) is 1.22. The molecule has 1 fully saturated rings. The Hall–Kier alpha value is -0.730. The van der Waals surface area contributed by atoms with Crippen LogP contribution in [0.25, 0.3) is 0 Å². The fourth-order valence-corrected chi connectivity index (χ4v) is 1.22. The number of aliphatic imine (C=N–C) groups is 1. The Morgan fingerprint density at radius 3 is 3.44 bits per heavy atom. The molecule has 0 unspecified atom stereocenters. The van der Waals surface area contributed by atoms with Gasteiger partial charge in [0.15, 0.2) is 5.96 Å². The summed E-state index contributed by atoms with van der Waals surface area (Å²) in [7, 11) is 0. The van der Waals surface area contributed by atoms with Crippen molar-refractivity contribution in [3.8, 4) is 0 Å². The van der Waals surface area contributed by atoms with E-state index in [4.69, 9.17) is 0 Å². The molecule has 0 amide bonds. The van der Waals surface area contributed by atoms with Gasteiger partial charge >= 0.3 is 0 Å². The minimum atomic E-state index is 0.968. The summed E-state index contributed by atoms with van der Waals surface area (Å²) in [5.74, 6) is 1.07. The van der Waals surface area contributed by atoms with Crippen LogP contribution in [0.3, 0.4) is 0 Å². The molecule has 2 heterocycles. The maximum absolute atomic E-state index is 4.26. The average Bonchev–Trinajstić information content (AvgIpc) is 2.33. The van der Waals surface area contributed by atoms with Crippen molar-refractivity contribution in [1.82, 2.24) is 10.2 Å². The maximum atomic E-state index is 4.26. The average molecular weight is 124 g/mol. The molecule has 49 valence electrons. The third-order valence-electron chi connectivity index (χ3n) is 1.71. The second kappa shape index (κ2) is 1.90. The summed E-state index contributed by atoms with van der Waals surface area (Å²) < 4.78 is 0. The normalized spacial score (nSPS) is 24.9. The summed E-state index contributed by atoms with van der Waals surface area (Å²) in [6.45, 7) is 5.29. The topological polar surface area (TPSA) is 27.6 Å². The van der Waals surface area contributed by atoms with Crippen LogP contribution in [0, 0.1) is 6.54 Å². The predicted molar refractivity (Wildman–Crippen MR) is 35.9 cm³/mol. The zero-order valence-corrected chi connectivity index (χ0v) is 5.30. The van der Waals surface area contributed by atoms with Crippen LogP contribution >= 0.6 is 0 Å². The van der Waals surface area contributed by atoms with Crippen molar-refractivity contribution < 1.29 is 0 Å². The molecule has 0 aromatic rings. The van der Waals surface area contributed by atoms with Crippen molar-refractivity contribution in [2.75, 3.05) is 19.6 Å². The fraction of sp³-hybridized carbons (Fsp3) is 0.667. The Kier molecular flexibility index (Phi) is 1.07. The molecule has 0 aromatic carbocycles. The largest absolute Gasteiger partial charge is 0.351 e. The van der Waals surface area contributed by atoms with Gasteiger partial charge in [-0.05, 0) is 6.42 Å². The summed E-state index contributed by atoms with van der Waals surface area (Å²) in [6, 6.07) is 0. The summed E-state index contributed by atoms with van der Waals surface area (Å²) in [4.78, 5) is 6.54. The van der Waals surface area contributed by atoms with Gasteiger partial charge in [0.1, 0.15) is 0 Å². The van der Waals surface area contributed by atoms with Crippen LogP contribution < -0.4 is 5.32 Å². The van der Waals surface area contributed by atoms with E-state index >= 15 is 0 Å². The number of nitrogens with zero attached hydrogens (tertiary/aromatic N) is 2.